The lowest BCUT2D eigenvalue weighted by Crippen LogP contribution is -2.02. The second-order valence-electron chi connectivity index (χ2n) is 4.34. The van der Waals surface area contributed by atoms with Crippen molar-refractivity contribution in [2.24, 2.45) is 0 Å². The van der Waals surface area contributed by atoms with Gasteiger partial charge in [-0.05, 0) is 42.5 Å². The van der Waals surface area contributed by atoms with Gasteiger partial charge in [-0.15, -0.1) is 0 Å². The summed E-state index contributed by atoms with van der Waals surface area (Å²) in [4.78, 5) is 12.4. The molecule has 0 unspecified atom stereocenters. The molecule has 0 aliphatic carbocycles. The average molecular weight is 284 g/mol. The average Bonchev–Trinajstić information content (AvgIpc) is 2.53. The van der Waals surface area contributed by atoms with Crippen LogP contribution < -0.4 is 9.47 Å². The minimum atomic E-state index is -0.276. The Hall–Kier alpha value is -2.75. The lowest BCUT2D eigenvalue weighted by molar-refractivity contribution is 0.103. The second-order valence-corrected chi connectivity index (χ2v) is 4.34. The summed E-state index contributed by atoms with van der Waals surface area (Å²) >= 11 is 0. The van der Waals surface area contributed by atoms with Crippen LogP contribution in [0.3, 0.4) is 0 Å². The number of carbonyl (C=O) groups excluding carboxylic acids is 1. The summed E-state index contributed by atoms with van der Waals surface area (Å²) in [6.45, 7) is 3.98. The molecular weight excluding hydrogens is 268 g/mol. The van der Waals surface area contributed by atoms with Crippen LogP contribution in [0.2, 0.25) is 0 Å². The molecule has 0 aliphatic rings. The number of hydrogen-bond donors (Lipinski definition) is 1. The normalized spacial score (nSPS) is 9.95. The number of phenolic OH excluding ortho intramolecular Hbond substituents is 1. The van der Waals surface area contributed by atoms with Crippen molar-refractivity contribution in [3.05, 3.63) is 66.2 Å². The fourth-order valence-corrected chi connectivity index (χ4v) is 1.84. The van der Waals surface area contributed by atoms with Gasteiger partial charge in [0.2, 0.25) is 0 Å². The van der Waals surface area contributed by atoms with Crippen LogP contribution in [0.25, 0.3) is 0 Å². The van der Waals surface area contributed by atoms with E-state index in [9.17, 15) is 9.90 Å². The number of carbonyl (C=O) groups is 1. The van der Waals surface area contributed by atoms with E-state index in [1.54, 1.807) is 36.4 Å². The molecule has 108 valence electrons. The Balaban J connectivity index is 2.25. The van der Waals surface area contributed by atoms with Crippen LogP contribution in [0.15, 0.2) is 55.1 Å². The smallest absolute Gasteiger partial charge is 0.196 e. The SMILES string of the molecule is C=CCOc1ccc(C(=O)c2cc(OC)ccc2O)cc1. The zero-order valence-electron chi connectivity index (χ0n) is 11.7. The Morgan fingerprint density at radius 1 is 1.19 bits per heavy atom. The molecule has 2 aromatic rings. The van der Waals surface area contributed by atoms with Crippen LogP contribution in [-0.4, -0.2) is 24.6 Å². The monoisotopic (exact) mass is 284 g/mol. The molecule has 21 heavy (non-hydrogen) atoms. The summed E-state index contributed by atoms with van der Waals surface area (Å²) in [6.07, 6.45) is 1.65. The van der Waals surface area contributed by atoms with E-state index in [0.29, 0.717) is 23.7 Å². The van der Waals surface area contributed by atoms with Crippen molar-refractivity contribution in [1.82, 2.24) is 0 Å². The van der Waals surface area contributed by atoms with Crippen LogP contribution in [0.1, 0.15) is 15.9 Å². The van der Waals surface area contributed by atoms with Gasteiger partial charge in [0.1, 0.15) is 23.9 Å². The molecule has 0 bridgehead atoms. The molecular formula is C17H16O4. The number of ether oxygens (including phenoxy) is 2. The highest BCUT2D eigenvalue weighted by molar-refractivity contribution is 6.10. The summed E-state index contributed by atoms with van der Waals surface area (Å²) in [7, 11) is 1.51. The van der Waals surface area contributed by atoms with Gasteiger partial charge in [-0.3, -0.25) is 4.79 Å². The van der Waals surface area contributed by atoms with Crippen molar-refractivity contribution in [2.75, 3.05) is 13.7 Å². The molecule has 0 aliphatic heterocycles. The van der Waals surface area contributed by atoms with Gasteiger partial charge in [0, 0.05) is 5.56 Å². The molecule has 4 nitrogen and oxygen atoms in total. The largest absolute Gasteiger partial charge is 0.507 e. The molecule has 2 aromatic carbocycles. The third kappa shape index (κ3) is 3.42. The van der Waals surface area contributed by atoms with Crippen LogP contribution in [0.4, 0.5) is 0 Å². The zero-order chi connectivity index (χ0) is 15.2. The van der Waals surface area contributed by atoms with Crippen molar-refractivity contribution in [2.45, 2.75) is 0 Å². The maximum absolute atomic E-state index is 12.4. The van der Waals surface area contributed by atoms with E-state index in [-0.39, 0.29) is 17.1 Å². The quantitative estimate of drug-likeness (QED) is 0.653. The molecule has 1 N–H and O–H groups in total. The molecule has 0 amide bonds. The number of ketones is 1. The van der Waals surface area contributed by atoms with Crippen LogP contribution in [-0.2, 0) is 0 Å². The molecule has 4 heteroatoms. The first-order valence-corrected chi connectivity index (χ1v) is 6.41. The van der Waals surface area contributed by atoms with Gasteiger partial charge in [-0.2, -0.15) is 0 Å². The van der Waals surface area contributed by atoms with E-state index < -0.39 is 0 Å². The Morgan fingerprint density at radius 3 is 2.48 bits per heavy atom. The number of phenols is 1. The maximum atomic E-state index is 12.4. The first-order valence-electron chi connectivity index (χ1n) is 6.41. The van der Waals surface area contributed by atoms with Crippen molar-refractivity contribution in [1.29, 1.82) is 0 Å². The fraction of sp³-hybridized carbons (Fsp3) is 0.118. The molecule has 0 fully saturated rings. The van der Waals surface area contributed by atoms with Crippen LogP contribution in [0.5, 0.6) is 17.2 Å². The maximum Gasteiger partial charge on any atom is 0.196 e. The third-order valence-corrected chi connectivity index (χ3v) is 2.93. The second kappa shape index (κ2) is 6.61. The van der Waals surface area contributed by atoms with E-state index in [4.69, 9.17) is 9.47 Å². The topological polar surface area (TPSA) is 55.8 Å². The van der Waals surface area contributed by atoms with E-state index in [1.165, 1.54) is 19.2 Å². The molecule has 0 saturated heterocycles. The molecule has 0 atom stereocenters. The molecule has 0 aromatic heterocycles. The molecule has 0 saturated carbocycles. The van der Waals surface area contributed by atoms with Gasteiger partial charge in [0.25, 0.3) is 0 Å². The highest BCUT2D eigenvalue weighted by Gasteiger charge is 2.14. The summed E-state index contributed by atoms with van der Waals surface area (Å²) in [6, 6.07) is 11.3. The third-order valence-electron chi connectivity index (χ3n) is 2.93. The molecule has 2 rings (SSSR count). The highest BCUT2D eigenvalue weighted by Crippen LogP contribution is 2.26. The van der Waals surface area contributed by atoms with Crippen LogP contribution in [0, 0.1) is 0 Å². The molecule has 0 radical (unpaired) electrons. The van der Waals surface area contributed by atoms with Crippen molar-refractivity contribution in [3.8, 4) is 17.2 Å². The van der Waals surface area contributed by atoms with E-state index in [2.05, 4.69) is 6.58 Å². The van der Waals surface area contributed by atoms with Crippen molar-refractivity contribution in [3.63, 3.8) is 0 Å². The van der Waals surface area contributed by atoms with Gasteiger partial charge in [0.15, 0.2) is 5.78 Å². The zero-order valence-corrected chi connectivity index (χ0v) is 11.7. The summed E-state index contributed by atoms with van der Waals surface area (Å²) in [5.74, 6) is 0.817. The minimum absolute atomic E-state index is 0.0761. The number of hydrogen-bond acceptors (Lipinski definition) is 4. The van der Waals surface area contributed by atoms with E-state index >= 15 is 0 Å². The lowest BCUT2D eigenvalue weighted by Gasteiger charge is -2.08. The van der Waals surface area contributed by atoms with Crippen molar-refractivity contribution < 1.29 is 19.4 Å². The number of benzene rings is 2. The van der Waals surface area contributed by atoms with Gasteiger partial charge in [-0.25, -0.2) is 0 Å². The molecule has 0 heterocycles. The number of rotatable bonds is 6. The Labute approximate surface area is 123 Å². The first kappa shape index (κ1) is 14.7. The summed E-state index contributed by atoms with van der Waals surface area (Å²) < 4.78 is 10.4. The van der Waals surface area contributed by atoms with E-state index in [1.807, 2.05) is 0 Å². The Bertz CT molecular complexity index is 644. The minimum Gasteiger partial charge on any atom is -0.507 e. The van der Waals surface area contributed by atoms with Crippen molar-refractivity contribution >= 4 is 5.78 Å². The standard InChI is InChI=1S/C17H16O4/c1-3-10-21-13-6-4-12(5-7-13)17(19)15-11-14(20-2)8-9-16(15)18/h3-9,11,18H,1,10H2,2H3. The Morgan fingerprint density at radius 2 is 1.86 bits per heavy atom. The Kier molecular flexibility index (Phi) is 4.61. The molecule has 0 spiro atoms. The summed E-state index contributed by atoms with van der Waals surface area (Å²) in [5, 5.41) is 9.82. The fourth-order valence-electron chi connectivity index (χ4n) is 1.84. The predicted molar refractivity (Wildman–Crippen MR) is 80.2 cm³/mol. The highest BCUT2D eigenvalue weighted by atomic mass is 16.5. The number of methoxy groups -OCH3 is 1. The predicted octanol–water partition coefficient (Wildman–Crippen LogP) is 3.20. The van der Waals surface area contributed by atoms with E-state index in [0.717, 1.165) is 0 Å². The van der Waals surface area contributed by atoms with Gasteiger partial charge in [-0.1, -0.05) is 12.7 Å². The van der Waals surface area contributed by atoms with Crippen LogP contribution >= 0.6 is 0 Å². The first-order chi connectivity index (χ1) is 10.2. The van der Waals surface area contributed by atoms with Gasteiger partial charge >= 0.3 is 0 Å². The van der Waals surface area contributed by atoms with Gasteiger partial charge < -0.3 is 14.6 Å². The summed E-state index contributed by atoms with van der Waals surface area (Å²) in [5.41, 5.74) is 0.665. The number of aromatic hydroxyl groups is 1. The lowest BCUT2D eigenvalue weighted by atomic mass is 10.0. The van der Waals surface area contributed by atoms with Gasteiger partial charge in [0.05, 0.1) is 12.7 Å².